The third kappa shape index (κ3) is 4.30. The van der Waals surface area contributed by atoms with Crippen molar-refractivity contribution in [1.82, 2.24) is 24.9 Å². The first-order valence-electron chi connectivity index (χ1n) is 10.4. The Labute approximate surface area is 186 Å². The van der Waals surface area contributed by atoms with Crippen molar-refractivity contribution in [3.05, 3.63) is 59.1 Å². The lowest BCUT2D eigenvalue weighted by Gasteiger charge is -2.31. The number of benzene rings is 1. The van der Waals surface area contributed by atoms with Crippen LogP contribution in [-0.4, -0.2) is 47.0 Å². The number of aromatic nitrogens is 3. The minimum absolute atomic E-state index is 0.108. The van der Waals surface area contributed by atoms with Crippen molar-refractivity contribution in [2.24, 2.45) is 5.92 Å². The molecule has 1 aromatic carbocycles. The van der Waals surface area contributed by atoms with Gasteiger partial charge in [-0.1, -0.05) is 40.6 Å². The highest BCUT2D eigenvalue weighted by molar-refractivity contribution is 7.89. The Morgan fingerprint density at radius 3 is 2.34 bits per heavy atom. The van der Waals surface area contributed by atoms with E-state index in [0.717, 1.165) is 5.56 Å². The molecule has 0 unspecified atom stereocenters. The monoisotopic (exact) mass is 459 g/mol. The summed E-state index contributed by atoms with van der Waals surface area (Å²) in [6, 6.07) is 8.81. The number of piperidine rings is 1. The van der Waals surface area contributed by atoms with E-state index in [1.54, 1.807) is 20.8 Å². The Kier molecular flexibility index (Phi) is 6.11. The quantitative estimate of drug-likeness (QED) is 0.594. The number of hydrogen-bond donors (Lipinski definition) is 1. The number of sulfonamides is 1. The van der Waals surface area contributed by atoms with Crippen molar-refractivity contribution < 1.29 is 22.3 Å². The molecule has 1 saturated heterocycles. The maximum Gasteiger partial charge on any atom is 0.253 e. The molecule has 1 atom stereocenters. The van der Waals surface area contributed by atoms with Crippen molar-refractivity contribution in [2.45, 2.75) is 44.6 Å². The molecule has 0 saturated carbocycles. The molecule has 4 rings (SSSR count). The summed E-state index contributed by atoms with van der Waals surface area (Å²) in [5, 5.41) is 10.6. The smallest absolute Gasteiger partial charge is 0.253 e. The fourth-order valence-electron chi connectivity index (χ4n) is 3.95. The normalized spacial score (nSPS) is 16.7. The van der Waals surface area contributed by atoms with E-state index in [9.17, 15) is 13.2 Å². The van der Waals surface area contributed by atoms with Crippen molar-refractivity contribution in [3.63, 3.8) is 0 Å². The zero-order chi connectivity index (χ0) is 22.9. The second kappa shape index (κ2) is 8.83. The number of hydrogen-bond acceptors (Lipinski definition) is 8. The van der Waals surface area contributed by atoms with Crippen LogP contribution in [0.15, 0.2) is 44.3 Å². The molecule has 2 aromatic heterocycles. The fraction of sp³-hybridized carbons (Fsp3) is 0.429. The highest BCUT2D eigenvalue weighted by Crippen LogP contribution is 2.29. The van der Waals surface area contributed by atoms with Crippen LogP contribution in [0.5, 0.6) is 0 Å². The molecule has 0 bridgehead atoms. The summed E-state index contributed by atoms with van der Waals surface area (Å²) in [6.45, 7) is 5.37. The van der Waals surface area contributed by atoms with Crippen LogP contribution >= 0.6 is 0 Å². The largest absolute Gasteiger partial charge is 0.360 e. The number of amides is 1. The SMILES string of the molecule is Cc1noc([C@@H](NC(=O)C2CCN(S(=O)(=O)c3c(C)noc3C)CC2)c2ccccc2)n1. The topological polar surface area (TPSA) is 131 Å². The van der Waals surface area contributed by atoms with Crippen LogP contribution in [0.25, 0.3) is 0 Å². The van der Waals surface area contributed by atoms with Gasteiger partial charge < -0.3 is 14.4 Å². The molecule has 1 aliphatic heterocycles. The van der Waals surface area contributed by atoms with Gasteiger partial charge in [0.15, 0.2) is 11.6 Å². The second-order valence-corrected chi connectivity index (χ2v) is 9.74. The van der Waals surface area contributed by atoms with Gasteiger partial charge in [-0.3, -0.25) is 4.79 Å². The van der Waals surface area contributed by atoms with Crippen LogP contribution in [0.2, 0.25) is 0 Å². The van der Waals surface area contributed by atoms with E-state index in [2.05, 4.69) is 20.6 Å². The highest BCUT2D eigenvalue weighted by atomic mass is 32.2. The molecule has 1 N–H and O–H groups in total. The Bertz CT molecular complexity index is 1180. The van der Waals surface area contributed by atoms with E-state index < -0.39 is 16.1 Å². The van der Waals surface area contributed by atoms with E-state index in [4.69, 9.17) is 9.05 Å². The van der Waals surface area contributed by atoms with Crippen LogP contribution in [0, 0.1) is 26.7 Å². The lowest BCUT2D eigenvalue weighted by atomic mass is 9.96. The number of aryl methyl sites for hydroxylation is 3. The van der Waals surface area contributed by atoms with Crippen molar-refractivity contribution in [1.29, 1.82) is 0 Å². The molecule has 3 heterocycles. The number of carbonyl (C=O) groups excluding carboxylic acids is 1. The Morgan fingerprint density at radius 1 is 1.09 bits per heavy atom. The molecular weight excluding hydrogens is 434 g/mol. The molecule has 11 heteroatoms. The lowest BCUT2D eigenvalue weighted by Crippen LogP contribution is -2.44. The molecular formula is C21H25N5O5S. The van der Waals surface area contributed by atoms with Gasteiger partial charge in [0.2, 0.25) is 15.9 Å². The fourth-order valence-corrected chi connectivity index (χ4v) is 5.71. The maximum absolute atomic E-state index is 13.1. The molecule has 32 heavy (non-hydrogen) atoms. The molecule has 1 fully saturated rings. The Morgan fingerprint density at radius 2 is 1.78 bits per heavy atom. The van der Waals surface area contributed by atoms with Gasteiger partial charge in [0.25, 0.3) is 5.89 Å². The summed E-state index contributed by atoms with van der Waals surface area (Å²) in [4.78, 5) is 17.4. The van der Waals surface area contributed by atoms with Crippen molar-refractivity contribution in [3.8, 4) is 0 Å². The molecule has 0 radical (unpaired) electrons. The van der Waals surface area contributed by atoms with Gasteiger partial charge in [-0.15, -0.1) is 0 Å². The summed E-state index contributed by atoms with van der Waals surface area (Å²) in [6.07, 6.45) is 0.803. The Balaban J connectivity index is 1.46. The minimum Gasteiger partial charge on any atom is -0.360 e. The Hall–Kier alpha value is -3.05. The first-order chi connectivity index (χ1) is 15.3. The lowest BCUT2D eigenvalue weighted by molar-refractivity contribution is -0.126. The van der Waals surface area contributed by atoms with E-state index in [0.29, 0.717) is 30.3 Å². The predicted molar refractivity (Wildman–Crippen MR) is 113 cm³/mol. The van der Waals surface area contributed by atoms with Gasteiger partial charge >= 0.3 is 0 Å². The van der Waals surface area contributed by atoms with Gasteiger partial charge in [0.05, 0.1) is 0 Å². The summed E-state index contributed by atoms with van der Waals surface area (Å²) in [5.74, 6) is 0.543. The first-order valence-corrected chi connectivity index (χ1v) is 11.8. The van der Waals surface area contributed by atoms with Crippen LogP contribution in [0.1, 0.15) is 47.6 Å². The third-order valence-electron chi connectivity index (χ3n) is 5.60. The van der Waals surface area contributed by atoms with E-state index in [1.165, 1.54) is 4.31 Å². The van der Waals surface area contributed by atoms with Crippen LogP contribution in [0.4, 0.5) is 0 Å². The zero-order valence-corrected chi connectivity index (χ0v) is 18.9. The van der Waals surface area contributed by atoms with Crippen LogP contribution in [-0.2, 0) is 14.8 Å². The number of carbonyl (C=O) groups is 1. The summed E-state index contributed by atoms with van der Waals surface area (Å²) >= 11 is 0. The van der Waals surface area contributed by atoms with Gasteiger partial charge in [-0.05, 0) is 39.2 Å². The summed E-state index contributed by atoms with van der Waals surface area (Å²) in [7, 11) is -3.72. The van der Waals surface area contributed by atoms with E-state index in [-0.39, 0.29) is 35.6 Å². The van der Waals surface area contributed by atoms with Crippen molar-refractivity contribution in [2.75, 3.05) is 13.1 Å². The second-order valence-electron chi connectivity index (χ2n) is 7.86. The number of rotatable bonds is 6. The highest BCUT2D eigenvalue weighted by Gasteiger charge is 2.36. The standard InChI is InChI=1S/C21H25N5O5S/c1-13-19(14(2)30-24-13)32(28,29)26-11-9-17(10-12-26)20(27)23-18(16-7-5-4-6-8-16)21-22-15(3)25-31-21/h4-8,17-18H,9-12H2,1-3H3,(H,23,27)/t18-/m0/s1. The molecule has 1 amide bonds. The van der Waals surface area contributed by atoms with Gasteiger partial charge in [0, 0.05) is 19.0 Å². The van der Waals surface area contributed by atoms with Gasteiger partial charge in [0.1, 0.15) is 16.6 Å². The molecule has 0 aliphatic carbocycles. The molecule has 10 nitrogen and oxygen atoms in total. The third-order valence-corrected chi connectivity index (χ3v) is 7.74. The molecule has 1 aliphatic rings. The number of nitrogens with zero attached hydrogens (tertiary/aromatic N) is 4. The van der Waals surface area contributed by atoms with Crippen molar-refractivity contribution >= 4 is 15.9 Å². The molecule has 0 spiro atoms. The van der Waals surface area contributed by atoms with E-state index >= 15 is 0 Å². The summed E-state index contributed by atoms with van der Waals surface area (Å²) in [5.41, 5.74) is 1.16. The first kappa shape index (κ1) is 22.2. The minimum atomic E-state index is -3.72. The summed E-state index contributed by atoms with van der Waals surface area (Å²) < 4.78 is 37.8. The molecule has 170 valence electrons. The number of nitrogens with one attached hydrogen (secondary N) is 1. The zero-order valence-electron chi connectivity index (χ0n) is 18.1. The average Bonchev–Trinajstić information content (AvgIpc) is 3.37. The molecule has 3 aromatic rings. The van der Waals surface area contributed by atoms with Crippen LogP contribution in [0.3, 0.4) is 0 Å². The predicted octanol–water partition coefficient (Wildman–Crippen LogP) is 2.29. The van der Waals surface area contributed by atoms with Gasteiger partial charge in [-0.25, -0.2) is 8.42 Å². The van der Waals surface area contributed by atoms with Crippen LogP contribution < -0.4 is 5.32 Å². The maximum atomic E-state index is 13.1. The van der Waals surface area contributed by atoms with Gasteiger partial charge in [-0.2, -0.15) is 9.29 Å². The van der Waals surface area contributed by atoms with E-state index in [1.807, 2.05) is 30.3 Å². The average molecular weight is 460 g/mol.